The summed E-state index contributed by atoms with van der Waals surface area (Å²) in [6.45, 7) is 5.06. The van der Waals surface area contributed by atoms with E-state index >= 15 is 0 Å². The van der Waals surface area contributed by atoms with Crippen molar-refractivity contribution in [2.24, 2.45) is 5.41 Å². The summed E-state index contributed by atoms with van der Waals surface area (Å²) < 4.78 is 37.8. The van der Waals surface area contributed by atoms with Crippen molar-refractivity contribution in [1.29, 1.82) is 0 Å². The van der Waals surface area contributed by atoms with E-state index in [1.165, 1.54) is 0 Å². The van der Waals surface area contributed by atoms with Crippen LogP contribution in [0.5, 0.6) is 0 Å². The predicted molar refractivity (Wildman–Crippen MR) is 63.5 cm³/mol. The van der Waals surface area contributed by atoms with Crippen molar-refractivity contribution in [3.8, 4) is 0 Å². The quantitative estimate of drug-likeness (QED) is 0.787. The second kappa shape index (κ2) is 4.11. The molecule has 6 heteroatoms. The highest BCUT2D eigenvalue weighted by Crippen LogP contribution is 2.52. The first-order valence-corrected chi connectivity index (χ1v) is 6.96. The number of alkyl halides is 3. The van der Waals surface area contributed by atoms with Crippen LogP contribution in [0, 0.1) is 5.41 Å². The summed E-state index contributed by atoms with van der Waals surface area (Å²) in [7, 11) is 0. The Labute approximate surface area is 110 Å². The van der Waals surface area contributed by atoms with E-state index in [2.05, 4.69) is 11.8 Å². The van der Waals surface area contributed by atoms with Gasteiger partial charge in [0.05, 0.1) is 0 Å². The zero-order valence-electron chi connectivity index (χ0n) is 11.0. The molecule has 0 bridgehead atoms. The molecule has 0 aromatic heterocycles. The van der Waals surface area contributed by atoms with Crippen molar-refractivity contribution in [3.05, 3.63) is 0 Å². The fourth-order valence-electron chi connectivity index (χ4n) is 3.65. The molecule has 2 aliphatic carbocycles. The van der Waals surface area contributed by atoms with Crippen molar-refractivity contribution in [2.45, 2.75) is 50.9 Å². The maximum Gasteiger partial charge on any atom is 0.471 e. The van der Waals surface area contributed by atoms with Gasteiger partial charge in [-0.15, -0.1) is 0 Å². The van der Waals surface area contributed by atoms with Crippen molar-refractivity contribution in [1.82, 2.24) is 9.80 Å². The summed E-state index contributed by atoms with van der Waals surface area (Å²) in [4.78, 5) is 14.9. The Hall–Kier alpha value is -0.780. The van der Waals surface area contributed by atoms with Gasteiger partial charge >= 0.3 is 12.1 Å². The maximum absolute atomic E-state index is 12.6. The van der Waals surface area contributed by atoms with Crippen LogP contribution in [0.15, 0.2) is 0 Å². The third-order valence-electron chi connectivity index (χ3n) is 4.71. The highest BCUT2D eigenvalue weighted by molar-refractivity contribution is 5.83. The van der Waals surface area contributed by atoms with E-state index in [4.69, 9.17) is 0 Å². The van der Waals surface area contributed by atoms with Gasteiger partial charge in [0, 0.05) is 25.2 Å². The lowest BCUT2D eigenvalue weighted by Gasteiger charge is -2.61. The number of carbonyl (C=O) groups is 1. The number of carbonyl (C=O) groups excluding carboxylic acids is 1. The molecule has 0 aromatic carbocycles. The number of hydrogen-bond donors (Lipinski definition) is 0. The zero-order chi connectivity index (χ0) is 13.8. The van der Waals surface area contributed by atoms with Gasteiger partial charge in [0.2, 0.25) is 0 Å². The molecule has 19 heavy (non-hydrogen) atoms. The Morgan fingerprint density at radius 3 is 2.26 bits per heavy atom. The average molecular weight is 276 g/mol. The first-order valence-electron chi connectivity index (χ1n) is 6.96. The molecule has 0 N–H and O–H groups in total. The summed E-state index contributed by atoms with van der Waals surface area (Å²) in [6, 6.07) is -0.334. The van der Waals surface area contributed by atoms with Crippen molar-refractivity contribution in [3.63, 3.8) is 0 Å². The molecule has 0 aromatic rings. The van der Waals surface area contributed by atoms with Gasteiger partial charge < -0.3 is 9.80 Å². The molecule has 1 saturated heterocycles. The predicted octanol–water partition coefficient (Wildman–Crippen LogP) is 2.02. The summed E-state index contributed by atoms with van der Waals surface area (Å²) >= 11 is 0. The molecule has 3 aliphatic rings. The van der Waals surface area contributed by atoms with Crippen molar-refractivity contribution < 1.29 is 18.0 Å². The lowest BCUT2D eigenvalue weighted by atomic mass is 9.60. The molecule has 1 spiro atoms. The number of halogens is 3. The van der Waals surface area contributed by atoms with Crippen LogP contribution in [0.3, 0.4) is 0 Å². The van der Waals surface area contributed by atoms with E-state index < -0.39 is 12.1 Å². The highest BCUT2D eigenvalue weighted by Gasteiger charge is 2.58. The molecule has 2 saturated carbocycles. The summed E-state index contributed by atoms with van der Waals surface area (Å²) in [5.41, 5.74) is 0.208. The van der Waals surface area contributed by atoms with Gasteiger partial charge in [0.1, 0.15) is 0 Å². The van der Waals surface area contributed by atoms with E-state index in [0.717, 1.165) is 50.2 Å². The first-order chi connectivity index (χ1) is 8.85. The summed E-state index contributed by atoms with van der Waals surface area (Å²) in [5.74, 6) is -1.62. The van der Waals surface area contributed by atoms with Crippen LogP contribution >= 0.6 is 0 Å². The average Bonchev–Trinajstić information content (AvgIpc) is 3.01. The smallest absolute Gasteiger partial charge is 0.329 e. The van der Waals surface area contributed by atoms with E-state index in [1.807, 2.05) is 0 Å². The third kappa shape index (κ3) is 2.24. The second-order valence-electron chi connectivity index (χ2n) is 6.31. The Bertz CT molecular complexity index is 378. The van der Waals surface area contributed by atoms with Crippen LogP contribution < -0.4 is 0 Å². The van der Waals surface area contributed by atoms with Gasteiger partial charge in [0.25, 0.3) is 0 Å². The number of rotatable bonds is 3. The van der Waals surface area contributed by atoms with E-state index in [9.17, 15) is 18.0 Å². The Morgan fingerprint density at radius 2 is 1.84 bits per heavy atom. The van der Waals surface area contributed by atoms with Crippen molar-refractivity contribution in [2.75, 3.05) is 19.6 Å². The van der Waals surface area contributed by atoms with Gasteiger partial charge in [0.15, 0.2) is 0 Å². The molecule has 108 valence electrons. The van der Waals surface area contributed by atoms with Crippen LogP contribution in [0.25, 0.3) is 0 Å². The minimum Gasteiger partial charge on any atom is -0.329 e. The van der Waals surface area contributed by atoms with E-state index in [-0.39, 0.29) is 17.5 Å². The van der Waals surface area contributed by atoms with Crippen LogP contribution in [0.4, 0.5) is 13.2 Å². The lowest BCUT2D eigenvalue weighted by molar-refractivity contribution is -0.197. The zero-order valence-corrected chi connectivity index (χ0v) is 11.0. The van der Waals surface area contributed by atoms with Crippen LogP contribution in [-0.2, 0) is 4.79 Å². The van der Waals surface area contributed by atoms with Crippen LogP contribution in [0.1, 0.15) is 32.6 Å². The Morgan fingerprint density at radius 1 is 1.26 bits per heavy atom. The minimum absolute atomic E-state index is 0.154. The standard InChI is InChI=1S/C13H19F3N2O/c1-2-17-7-12(8-17)5-10(6-12)18(9-3-4-9)11(19)13(14,15)16/h9-10H,2-8H2,1H3. The number of hydrogen-bond acceptors (Lipinski definition) is 2. The molecule has 1 amide bonds. The Balaban J connectivity index is 1.60. The molecule has 0 atom stereocenters. The molecule has 1 heterocycles. The Kier molecular flexibility index (Phi) is 2.86. The second-order valence-corrected chi connectivity index (χ2v) is 6.31. The normalized spacial score (nSPS) is 26.9. The van der Waals surface area contributed by atoms with Gasteiger partial charge in [-0.3, -0.25) is 4.79 Å². The molecule has 1 aliphatic heterocycles. The molecule has 3 fully saturated rings. The molecule has 0 unspecified atom stereocenters. The number of likely N-dealkylation sites (tertiary alicyclic amines) is 1. The largest absolute Gasteiger partial charge is 0.471 e. The fraction of sp³-hybridized carbons (Fsp3) is 0.923. The number of nitrogens with zero attached hydrogens (tertiary/aromatic N) is 2. The molecule has 3 nitrogen and oxygen atoms in total. The maximum atomic E-state index is 12.6. The third-order valence-corrected chi connectivity index (χ3v) is 4.71. The van der Waals surface area contributed by atoms with Gasteiger partial charge in [-0.25, -0.2) is 0 Å². The van der Waals surface area contributed by atoms with E-state index in [1.54, 1.807) is 0 Å². The minimum atomic E-state index is -4.72. The monoisotopic (exact) mass is 276 g/mol. The van der Waals surface area contributed by atoms with Gasteiger partial charge in [-0.05, 0) is 37.6 Å². The van der Waals surface area contributed by atoms with Crippen molar-refractivity contribution >= 4 is 5.91 Å². The highest BCUT2D eigenvalue weighted by atomic mass is 19.4. The molecular formula is C13H19F3N2O. The molecular weight excluding hydrogens is 257 g/mol. The van der Waals surface area contributed by atoms with Gasteiger partial charge in [-0.2, -0.15) is 13.2 Å². The lowest BCUT2D eigenvalue weighted by Crippen LogP contribution is -2.67. The summed E-state index contributed by atoms with van der Waals surface area (Å²) in [6.07, 6.45) is -1.76. The van der Waals surface area contributed by atoms with E-state index in [0.29, 0.717) is 0 Å². The first kappa shape index (κ1) is 13.2. The number of amides is 1. The summed E-state index contributed by atoms with van der Waals surface area (Å²) in [5, 5.41) is 0. The molecule has 0 radical (unpaired) electrons. The molecule has 3 rings (SSSR count). The van der Waals surface area contributed by atoms with Crippen LogP contribution in [0.2, 0.25) is 0 Å². The van der Waals surface area contributed by atoms with Gasteiger partial charge in [-0.1, -0.05) is 6.92 Å². The SMILES string of the molecule is CCN1CC2(CC(N(C(=O)C(F)(F)F)C3CC3)C2)C1. The van der Waals surface area contributed by atoms with Crippen LogP contribution in [-0.4, -0.2) is 53.6 Å². The fourth-order valence-corrected chi connectivity index (χ4v) is 3.65. The topological polar surface area (TPSA) is 23.6 Å².